The molecule has 5 nitrogen and oxygen atoms in total. The fourth-order valence-corrected chi connectivity index (χ4v) is 1.30. The van der Waals surface area contributed by atoms with Crippen molar-refractivity contribution >= 4 is 18.0 Å². The van der Waals surface area contributed by atoms with E-state index in [1.54, 1.807) is 0 Å². The SMILES string of the molecule is CNC(=O)C(=O)NN=Cc1ccc(C(C)C)cc1. The highest BCUT2D eigenvalue weighted by Crippen LogP contribution is 2.13. The van der Waals surface area contributed by atoms with Gasteiger partial charge in [-0.15, -0.1) is 0 Å². The lowest BCUT2D eigenvalue weighted by molar-refractivity contribution is -0.138. The van der Waals surface area contributed by atoms with Gasteiger partial charge in [0.1, 0.15) is 0 Å². The van der Waals surface area contributed by atoms with E-state index in [4.69, 9.17) is 0 Å². The Kier molecular flexibility index (Phi) is 5.05. The van der Waals surface area contributed by atoms with Crippen LogP contribution in [-0.2, 0) is 9.59 Å². The van der Waals surface area contributed by atoms with Crippen molar-refractivity contribution in [3.63, 3.8) is 0 Å². The second-order valence-electron chi connectivity index (χ2n) is 4.10. The van der Waals surface area contributed by atoms with E-state index in [0.29, 0.717) is 5.92 Å². The van der Waals surface area contributed by atoms with Gasteiger partial charge in [0.05, 0.1) is 6.21 Å². The van der Waals surface area contributed by atoms with Gasteiger partial charge in [-0.05, 0) is 17.0 Å². The molecular formula is C13H17N3O2. The molecule has 0 aliphatic carbocycles. The molecule has 0 unspecified atom stereocenters. The minimum atomic E-state index is -0.785. The summed E-state index contributed by atoms with van der Waals surface area (Å²) < 4.78 is 0. The van der Waals surface area contributed by atoms with E-state index in [1.165, 1.54) is 18.8 Å². The summed E-state index contributed by atoms with van der Waals surface area (Å²) in [6.07, 6.45) is 1.49. The van der Waals surface area contributed by atoms with Crippen LogP contribution in [0.5, 0.6) is 0 Å². The van der Waals surface area contributed by atoms with E-state index < -0.39 is 11.8 Å². The number of hydrogen-bond acceptors (Lipinski definition) is 3. The van der Waals surface area contributed by atoms with Gasteiger partial charge in [0.2, 0.25) is 0 Å². The summed E-state index contributed by atoms with van der Waals surface area (Å²) in [5, 5.41) is 5.91. The first-order valence-electron chi connectivity index (χ1n) is 5.69. The van der Waals surface area contributed by atoms with Crippen LogP contribution in [0.4, 0.5) is 0 Å². The monoisotopic (exact) mass is 247 g/mol. The summed E-state index contributed by atoms with van der Waals surface area (Å²) in [6.45, 7) is 4.24. The van der Waals surface area contributed by atoms with Gasteiger partial charge in [0.15, 0.2) is 0 Å². The molecular weight excluding hydrogens is 230 g/mol. The molecule has 0 aromatic heterocycles. The van der Waals surface area contributed by atoms with Crippen LogP contribution in [0.15, 0.2) is 29.4 Å². The van der Waals surface area contributed by atoms with E-state index >= 15 is 0 Å². The molecule has 96 valence electrons. The fraction of sp³-hybridized carbons (Fsp3) is 0.308. The summed E-state index contributed by atoms with van der Waals surface area (Å²) in [7, 11) is 1.39. The van der Waals surface area contributed by atoms with Gasteiger partial charge >= 0.3 is 11.8 Å². The number of amides is 2. The van der Waals surface area contributed by atoms with E-state index in [1.807, 2.05) is 24.3 Å². The molecule has 2 N–H and O–H groups in total. The minimum absolute atomic E-state index is 0.476. The quantitative estimate of drug-likeness (QED) is 0.475. The molecule has 0 spiro atoms. The molecule has 1 aromatic rings. The highest BCUT2D eigenvalue weighted by atomic mass is 16.2. The Labute approximate surface area is 106 Å². The third-order valence-electron chi connectivity index (χ3n) is 2.42. The van der Waals surface area contributed by atoms with Gasteiger partial charge in [-0.1, -0.05) is 38.1 Å². The Morgan fingerprint density at radius 1 is 1.17 bits per heavy atom. The van der Waals surface area contributed by atoms with Crippen LogP contribution in [0.25, 0.3) is 0 Å². The number of nitrogens with one attached hydrogen (secondary N) is 2. The average molecular weight is 247 g/mol. The number of hydrogen-bond donors (Lipinski definition) is 2. The Balaban J connectivity index is 2.57. The third-order valence-corrected chi connectivity index (χ3v) is 2.42. The van der Waals surface area contributed by atoms with Crippen molar-refractivity contribution in [3.8, 4) is 0 Å². The lowest BCUT2D eigenvalue weighted by atomic mass is 10.0. The van der Waals surface area contributed by atoms with Gasteiger partial charge in [0.25, 0.3) is 0 Å². The molecule has 0 heterocycles. The summed E-state index contributed by atoms with van der Waals surface area (Å²) in [5.74, 6) is -1.03. The lowest BCUT2D eigenvalue weighted by Gasteiger charge is -2.04. The Morgan fingerprint density at radius 3 is 2.28 bits per heavy atom. The van der Waals surface area contributed by atoms with Gasteiger partial charge in [-0.3, -0.25) is 9.59 Å². The zero-order chi connectivity index (χ0) is 13.5. The highest BCUT2D eigenvalue weighted by Gasteiger charge is 2.08. The zero-order valence-electron chi connectivity index (χ0n) is 10.7. The molecule has 0 fully saturated rings. The number of carbonyl (C=O) groups excluding carboxylic acids is 2. The van der Waals surface area contributed by atoms with Crippen molar-refractivity contribution in [2.45, 2.75) is 19.8 Å². The van der Waals surface area contributed by atoms with Crippen molar-refractivity contribution in [3.05, 3.63) is 35.4 Å². The molecule has 0 saturated heterocycles. The van der Waals surface area contributed by atoms with E-state index in [-0.39, 0.29) is 0 Å². The molecule has 0 atom stereocenters. The summed E-state index contributed by atoms with van der Waals surface area (Å²) in [6, 6.07) is 7.83. The Bertz CT molecular complexity index is 450. The Morgan fingerprint density at radius 2 is 1.78 bits per heavy atom. The van der Waals surface area contributed by atoms with Crippen molar-refractivity contribution in [1.29, 1.82) is 0 Å². The summed E-state index contributed by atoms with van der Waals surface area (Å²) in [5.41, 5.74) is 4.23. The number of nitrogens with zero attached hydrogens (tertiary/aromatic N) is 1. The highest BCUT2D eigenvalue weighted by molar-refractivity contribution is 6.34. The molecule has 18 heavy (non-hydrogen) atoms. The number of benzene rings is 1. The maximum atomic E-state index is 11.1. The molecule has 2 amide bonds. The summed E-state index contributed by atoms with van der Waals surface area (Å²) >= 11 is 0. The van der Waals surface area contributed by atoms with E-state index in [2.05, 4.69) is 29.7 Å². The number of likely N-dealkylation sites (N-methyl/N-ethyl adjacent to an activating group) is 1. The lowest BCUT2D eigenvalue weighted by Crippen LogP contribution is -2.35. The standard InChI is InChI=1S/C13H17N3O2/c1-9(2)11-6-4-10(5-7-11)8-15-16-13(18)12(17)14-3/h4-9H,1-3H3,(H,14,17)(H,16,18). The van der Waals surface area contributed by atoms with E-state index in [9.17, 15) is 9.59 Å². The fourth-order valence-electron chi connectivity index (χ4n) is 1.30. The second-order valence-corrected chi connectivity index (χ2v) is 4.10. The maximum Gasteiger partial charge on any atom is 0.329 e. The topological polar surface area (TPSA) is 70.6 Å². The normalized spacial score (nSPS) is 10.7. The zero-order valence-corrected chi connectivity index (χ0v) is 10.7. The van der Waals surface area contributed by atoms with Crippen molar-refractivity contribution < 1.29 is 9.59 Å². The molecule has 0 bridgehead atoms. The third kappa shape index (κ3) is 4.01. The van der Waals surface area contributed by atoms with Crippen LogP contribution in [0.1, 0.15) is 30.9 Å². The van der Waals surface area contributed by atoms with Crippen molar-refractivity contribution in [1.82, 2.24) is 10.7 Å². The number of rotatable bonds is 3. The predicted octanol–water partition coefficient (Wildman–Crippen LogP) is 1.01. The molecule has 1 aromatic carbocycles. The van der Waals surface area contributed by atoms with Gasteiger partial charge in [-0.25, -0.2) is 5.43 Å². The number of hydrazone groups is 1. The van der Waals surface area contributed by atoms with Crippen LogP contribution >= 0.6 is 0 Å². The minimum Gasteiger partial charge on any atom is -0.351 e. The molecule has 0 aliphatic rings. The first-order chi connectivity index (χ1) is 8.54. The predicted molar refractivity (Wildman–Crippen MR) is 70.3 cm³/mol. The molecule has 1 rings (SSSR count). The van der Waals surface area contributed by atoms with Crippen molar-refractivity contribution in [2.75, 3.05) is 7.05 Å². The maximum absolute atomic E-state index is 11.1. The van der Waals surface area contributed by atoms with Crippen LogP contribution in [-0.4, -0.2) is 25.1 Å². The van der Waals surface area contributed by atoms with Gasteiger partial charge < -0.3 is 5.32 Å². The second kappa shape index (κ2) is 6.54. The van der Waals surface area contributed by atoms with Crippen LogP contribution in [0.2, 0.25) is 0 Å². The molecule has 5 heteroatoms. The van der Waals surface area contributed by atoms with Gasteiger partial charge in [0, 0.05) is 7.05 Å². The number of carbonyl (C=O) groups is 2. The van der Waals surface area contributed by atoms with Crippen LogP contribution in [0.3, 0.4) is 0 Å². The summed E-state index contributed by atoms with van der Waals surface area (Å²) in [4.78, 5) is 21.9. The van der Waals surface area contributed by atoms with Crippen LogP contribution in [0, 0.1) is 0 Å². The van der Waals surface area contributed by atoms with E-state index in [0.717, 1.165) is 5.56 Å². The average Bonchev–Trinajstić information content (AvgIpc) is 2.38. The van der Waals surface area contributed by atoms with Gasteiger partial charge in [-0.2, -0.15) is 5.10 Å². The molecule has 0 radical (unpaired) electrons. The smallest absolute Gasteiger partial charge is 0.329 e. The first kappa shape index (κ1) is 13.9. The van der Waals surface area contributed by atoms with Crippen molar-refractivity contribution in [2.24, 2.45) is 5.10 Å². The molecule has 0 aliphatic heterocycles. The van der Waals surface area contributed by atoms with Crippen LogP contribution < -0.4 is 10.7 Å². The Hall–Kier alpha value is -2.17. The first-order valence-corrected chi connectivity index (χ1v) is 5.69. The molecule has 0 saturated carbocycles. The largest absolute Gasteiger partial charge is 0.351 e.